The number of halogens is 2. The summed E-state index contributed by atoms with van der Waals surface area (Å²) in [5.41, 5.74) is 1.97. The minimum Gasteiger partial charge on any atom is -0.495 e. The Hall–Kier alpha value is -2.38. The van der Waals surface area contributed by atoms with Crippen LogP contribution in [0.2, 0.25) is 10.0 Å². The number of carbonyl (C=O) groups excluding carboxylic acids is 1. The van der Waals surface area contributed by atoms with Gasteiger partial charge < -0.3 is 10.1 Å². The Bertz CT molecular complexity index is 1330. The van der Waals surface area contributed by atoms with Gasteiger partial charge in [0.25, 0.3) is 5.91 Å². The molecule has 0 spiro atoms. The van der Waals surface area contributed by atoms with E-state index in [-0.39, 0.29) is 5.91 Å². The van der Waals surface area contributed by atoms with Crippen molar-refractivity contribution in [3.05, 3.63) is 69.0 Å². The molecule has 8 heteroatoms. The number of ether oxygens (including phenoxy) is 1. The molecular formula is C26H25Cl2N3O2S. The molecule has 0 atom stereocenters. The van der Waals surface area contributed by atoms with Gasteiger partial charge in [0.1, 0.15) is 15.6 Å². The molecule has 3 heterocycles. The molecule has 2 aromatic heterocycles. The Morgan fingerprint density at radius 2 is 1.88 bits per heavy atom. The van der Waals surface area contributed by atoms with E-state index in [9.17, 15) is 4.79 Å². The number of nitrogens with zero attached hydrogens (tertiary/aromatic N) is 2. The second-order valence-electron chi connectivity index (χ2n) is 8.70. The fourth-order valence-corrected chi connectivity index (χ4v) is 5.79. The number of carbonyl (C=O) groups is 1. The molecule has 1 aliphatic heterocycles. The molecule has 5 rings (SSSR count). The van der Waals surface area contributed by atoms with Gasteiger partial charge >= 0.3 is 0 Å². The highest BCUT2D eigenvalue weighted by Gasteiger charge is 2.21. The van der Waals surface area contributed by atoms with Gasteiger partial charge in [0.15, 0.2) is 0 Å². The van der Waals surface area contributed by atoms with E-state index in [4.69, 9.17) is 32.9 Å². The first-order valence-corrected chi connectivity index (χ1v) is 12.9. The van der Waals surface area contributed by atoms with Gasteiger partial charge in [-0.3, -0.25) is 9.69 Å². The molecule has 0 unspecified atom stereocenters. The molecule has 1 N–H and O–H groups in total. The molecule has 0 aliphatic carbocycles. The van der Waals surface area contributed by atoms with Crippen molar-refractivity contribution in [3.8, 4) is 5.75 Å². The zero-order chi connectivity index (χ0) is 23.7. The molecule has 1 aliphatic rings. The summed E-state index contributed by atoms with van der Waals surface area (Å²) in [7, 11) is 1.59. The van der Waals surface area contributed by atoms with Crippen LogP contribution in [-0.2, 0) is 6.54 Å². The molecule has 0 saturated carbocycles. The quantitative estimate of drug-likeness (QED) is 0.323. The Morgan fingerprint density at radius 3 is 2.62 bits per heavy atom. The van der Waals surface area contributed by atoms with Crippen LogP contribution in [0.4, 0.5) is 0 Å². The summed E-state index contributed by atoms with van der Waals surface area (Å²) in [5, 5.41) is 6.26. The zero-order valence-electron chi connectivity index (χ0n) is 18.8. The third-order valence-corrected chi connectivity index (χ3v) is 8.06. The minimum absolute atomic E-state index is 0.0423. The number of rotatable bonds is 6. The molecule has 2 aromatic carbocycles. The lowest BCUT2D eigenvalue weighted by atomic mass is 9.96. The second kappa shape index (κ2) is 10.1. The fourth-order valence-electron chi connectivity index (χ4n) is 4.44. The third-order valence-electron chi connectivity index (χ3n) is 6.40. The first kappa shape index (κ1) is 23.4. The van der Waals surface area contributed by atoms with Gasteiger partial charge in [-0.15, -0.1) is 11.3 Å². The van der Waals surface area contributed by atoms with Crippen LogP contribution in [0.15, 0.2) is 48.5 Å². The van der Waals surface area contributed by atoms with E-state index in [1.807, 2.05) is 36.4 Å². The Labute approximate surface area is 212 Å². The van der Waals surface area contributed by atoms with Crippen LogP contribution in [0, 0.1) is 5.92 Å². The fraction of sp³-hybridized carbons (Fsp3) is 0.308. The van der Waals surface area contributed by atoms with Crippen molar-refractivity contribution in [3.63, 3.8) is 0 Å². The smallest absolute Gasteiger partial charge is 0.261 e. The largest absolute Gasteiger partial charge is 0.495 e. The minimum atomic E-state index is -0.0423. The van der Waals surface area contributed by atoms with Crippen LogP contribution >= 0.6 is 34.5 Å². The van der Waals surface area contributed by atoms with E-state index >= 15 is 0 Å². The molecule has 4 aromatic rings. The van der Waals surface area contributed by atoms with E-state index < -0.39 is 0 Å². The van der Waals surface area contributed by atoms with Gasteiger partial charge in [-0.25, -0.2) is 4.98 Å². The Morgan fingerprint density at radius 1 is 1.12 bits per heavy atom. The summed E-state index contributed by atoms with van der Waals surface area (Å²) in [5.74, 6) is 1.04. The van der Waals surface area contributed by atoms with Crippen LogP contribution in [0.1, 0.15) is 28.1 Å². The van der Waals surface area contributed by atoms with Gasteiger partial charge in [0, 0.05) is 28.9 Å². The Balaban J connectivity index is 1.18. The molecule has 1 fully saturated rings. The number of thiophene rings is 1. The third kappa shape index (κ3) is 5.01. The predicted molar refractivity (Wildman–Crippen MR) is 140 cm³/mol. The average Bonchev–Trinajstić information content (AvgIpc) is 3.27. The summed E-state index contributed by atoms with van der Waals surface area (Å²) in [6.45, 7) is 3.70. The van der Waals surface area contributed by atoms with Gasteiger partial charge in [-0.1, -0.05) is 35.3 Å². The monoisotopic (exact) mass is 513 g/mol. The average molecular weight is 514 g/mol. The number of hydrogen-bond acceptors (Lipinski definition) is 5. The molecule has 34 heavy (non-hydrogen) atoms. The van der Waals surface area contributed by atoms with Crippen LogP contribution < -0.4 is 10.1 Å². The number of pyridine rings is 1. The molecule has 5 nitrogen and oxygen atoms in total. The number of amides is 1. The molecular weight excluding hydrogens is 489 g/mol. The van der Waals surface area contributed by atoms with Crippen LogP contribution in [-0.4, -0.2) is 42.5 Å². The second-order valence-corrected chi connectivity index (χ2v) is 10.5. The van der Waals surface area contributed by atoms with Crippen LogP contribution in [0.25, 0.3) is 21.1 Å². The number of likely N-dealkylation sites (tertiary alicyclic amines) is 1. The van der Waals surface area contributed by atoms with E-state index in [0.29, 0.717) is 33.6 Å². The van der Waals surface area contributed by atoms with E-state index in [2.05, 4.69) is 22.3 Å². The number of nitrogens with one attached hydrogen (secondary N) is 1. The van der Waals surface area contributed by atoms with Crippen LogP contribution in [0.3, 0.4) is 0 Å². The standard InChI is InChI=1S/C26H25Cl2N3O2S/c1-33-21-7-4-18-12-19-13-22(34-26(19)30-24(18)23(21)28)25(32)29-14-16-8-10-31(11-9-16)15-17-2-5-20(27)6-3-17/h2-7,12-13,16H,8-11,14-15H2,1H3,(H,29,32). The van der Waals surface area contributed by atoms with Crippen LogP contribution in [0.5, 0.6) is 5.75 Å². The van der Waals surface area contributed by atoms with E-state index in [1.165, 1.54) is 16.9 Å². The molecule has 0 bridgehead atoms. The molecule has 0 radical (unpaired) electrons. The van der Waals surface area contributed by atoms with E-state index in [0.717, 1.165) is 53.1 Å². The zero-order valence-corrected chi connectivity index (χ0v) is 21.1. The van der Waals surface area contributed by atoms with Crippen molar-refractivity contribution in [2.45, 2.75) is 19.4 Å². The first-order valence-electron chi connectivity index (χ1n) is 11.3. The van der Waals surface area contributed by atoms with E-state index in [1.54, 1.807) is 7.11 Å². The maximum atomic E-state index is 12.9. The van der Waals surface area contributed by atoms with Crippen molar-refractivity contribution in [2.24, 2.45) is 5.92 Å². The predicted octanol–water partition coefficient (Wildman–Crippen LogP) is 6.41. The lowest BCUT2D eigenvalue weighted by Gasteiger charge is -2.32. The van der Waals surface area contributed by atoms with Crippen molar-refractivity contribution in [2.75, 3.05) is 26.7 Å². The van der Waals surface area contributed by atoms with Crippen molar-refractivity contribution in [1.29, 1.82) is 0 Å². The maximum absolute atomic E-state index is 12.9. The normalized spacial score (nSPS) is 15.1. The van der Waals surface area contributed by atoms with Gasteiger partial charge in [-0.2, -0.15) is 0 Å². The number of benzene rings is 2. The summed E-state index contributed by atoms with van der Waals surface area (Å²) < 4.78 is 5.30. The number of piperidine rings is 1. The summed E-state index contributed by atoms with van der Waals surface area (Å²) in [6.07, 6.45) is 2.15. The number of aromatic nitrogens is 1. The Kier molecular flexibility index (Phi) is 6.93. The SMILES string of the molecule is COc1ccc2cc3cc(C(=O)NCC4CCN(Cc5ccc(Cl)cc5)CC4)sc3nc2c1Cl. The lowest BCUT2D eigenvalue weighted by molar-refractivity contribution is 0.0939. The lowest BCUT2D eigenvalue weighted by Crippen LogP contribution is -2.38. The van der Waals surface area contributed by atoms with Crippen molar-refractivity contribution < 1.29 is 9.53 Å². The molecule has 1 amide bonds. The van der Waals surface area contributed by atoms with Gasteiger partial charge in [0.05, 0.1) is 17.5 Å². The van der Waals surface area contributed by atoms with Crippen molar-refractivity contribution in [1.82, 2.24) is 15.2 Å². The summed E-state index contributed by atoms with van der Waals surface area (Å²) in [4.78, 5) is 21.5. The number of hydrogen-bond donors (Lipinski definition) is 1. The molecule has 176 valence electrons. The number of methoxy groups -OCH3 is 1. The topological polar surface area (TPSA) is 54.5 Å². The highest BCUT2D eigenvalue weighted by molar-refractivity contribution is 7.20. The first-order chi connectivity index (χ1) is 16.5. The highest BCUT2D eigenvalue weighted by atomic mass is 35.5. The maximum Gasteiger partial charge on any atom is 0.261 e. The highest BCUT2D eigenvalue weighted by Crippen LogP contribution is 2.35. The van der Waals surface area contributed by atoms with Gasteiger partial charge in [-0.05, 0) is 73.8 Å². The summed E-state index contributed by atoms with van der Waals surface area (Å²) in [6, 6.07) is 15.8. The molecule has 1 saturated heterocycles. The number of fused-ring (bicyclic) bond motifs is 2. The summed E-state index contributed by atoms with van der Waals surface area (Å²) >= 11 is 13.8. The van der Waals surface area contributed by atoms with Gasteiger partial charge in [0.2, 0.25) is 0 Å². The van der Waals surface area contributed by atoms with Crippen molar-refractivity contribution >= 4 is 61.6 Å².